The Kier molecular flexibility index (Phi) is 4.92. The molecule has 0 unspecified atom stereocenters. The maximum atomic E-state index is 11.7. The van der Waals surface area contributed by atoms with Crippen LogP contribution in [0.5, 0.6) is 0 Å². The minimum atomic E-state index is -1.34. The first-order valence-corrected chi connectivity index (χ1v) is 5.44. The Balaban J connectivity index is 2.56. The second-order valence-electron chi connectivity index (χ2n) is 4.00. The number of carboxylic acid groups (broad SMARTS) is 1. The van der Waals surface area contributed by atoms with Gasteiger partial charge >= 0.3 is 12.0 Å². The normalized spacial score (nSPS) is 11.6. The molecular weight excluding hydrogens is 254 g/mol. The summed E-state index contributed by atoms with van der Waals surface area (Å²) in [6, 6.07) is -0.270. The summed E-state index contributed by atoms with van der Waals surface area (Å²) in [5.41, 5.74) is 5.68. The van der Waals surface area contributed by atoms with E-state index in [9.17, 15) is 14.4 Å². The first-order valence-electron chi connectivity index (χ1n) is 5.44. The van der Waals surface area contributed by atoms with Gasteiger partial charge in [-0.3, -0.25) is 4.79 Å². The van der Waals surface area contributed by atoms with Crippen molar-refractivity contribution in [3.63, 3.8) is 0 Å². The van der Waals surface area contributed by atoms with E-state index in [2.05, 4.69) is 5.32 Å². The fourth-order valence-corrected chi connectivity index (χ4v) is 1.39. The van der Waals surface area contributed by atoms with Crippen LogP contribution in [-0.4, -0.2) is 41.0 Å². The summed E-state index contributed by atoms with van der Waals surface area (Å²) in [5.74, 6) is -2.12. The topological polar surface area (TPSA) is 126 Å². The van der Waals surface area contributed by atoms with Gasteiger partial charge in [0.05, 0.1) is 25.5 Å². The maximum Gasteiger partial charge on any atom is 0.326 e. The van der Waals surface area contributed by atoms with Gasteiger partial charge in [0, 0.05) is 12.6 Å². The highest BCUT2D eigenvalue weighted by atomic mass is 16.4. The molecule has 1 rings (SSSR count). The average Bonchev–Trinajstić information content (AvgIpc) is 2.79. The zero-order valence-corrected chi connectivity index (χ0v) is 10.3. The Morgan fingerprint density at radius 3 is 2.68 bits per heavy atom. The molecular formula is C11H15N3O5. The van der Waals surface area contributed by atoms with Crippen LogP contribution in [0.25, 0.3) is 0 Å². The SMILES string of the molecule is CN(Cc1ccoc1)C(=O)N[C@@H](CC(N)=O)C(=O)O. The fourth-order valence-electron chi connectivity index (χ4n) is 1.39. The van der Waals surface area contributed by atoms with E-state index in [0.717, 1.165) is 5.56 Å². The summed E-state index contributed by atoms with van der Waals surface area (Å²) < 4.78 is 4.85. The molecule has 0 aliphatic heterocycles. The maximum absolute atomic E-state index is 11.7. The van der Waals surface area contributed by atoms with Crippen molar-refractivity contribution in [3.05, 3.63) is 24.2 Å². The molecule has 19 heavy (non-hydrogen) atoms. The molecule has 0 aliphatic carbocycles. The van der Waals surface area contributed by atoms with Gasteiger partial charge < -0.3 is 25.5 Å². The summed E-state index contributed by atoms with van der Waals surface area (Å²) in [7, 11) is 1.49. The van der Waals surface area contributed by atoms with Crippen LogP contribution in [0.15, 0.2) is 23.0 Å². The average molecular weight is 269 g/mol. The third kappa shape index (κ3) is 4.70. The summed E-state index contributed by atoms with van der Waals surface area (Å²) >= 11 is 0. The van der Waals surface area contributed by atoms with Gasteiger partial charge in [0.25, 0.3) is 0 Å². The molecule has 3 amide bonds. The van der Waals surface area contributed by atoms with Crippen molar-refractivity contribution in [2.24, 2.45) is 5.73 Å². The number of carboxylic acids is 1. The molecule has 8 heteroatoms. The summed E-state index contributed by atoms with van der Waals surface area (Å²) in [4.78, 5) is 34.6. The number of nitrogens with two attached hydrogens (primary N) is 1. The second-order valence-corrected chi connectivity index (χ2v) is 4.00. The third-order valence-electron chi connectivity index (χ3n) is 2.35. The van der Waals surface area contributed by atoms with E-state index in [1.54, 1.807) is 6.07 Å². The van der Waals surface area contributed by atoms with Crippen molar-refractivity contribution < 1.29 is 23.9 Å². The molecule has 1 atom stereocenters. The second kappa shape index (κ2) is 6.43. The van der Waals surface area contributed by atoms with Gasteiger partial charge in [-0.25, -0.2) is 9.59 Å². The smallest absolute Gasteiger partial charge is 0.326 e. The Morgan fingerprint density at radius 2 is 2.21 bits per heavy atom. The van der Waals surface area contributed by atoms with E-state index >= 15 is 0 Å². The minimum Gasteiger partial charge on any atom is -0.480 e. The largest absolute Gasteiger partial charge is 0.480 e. The van der Waals surface area contributed by atoms with Crippen LogP contribution in [-0.2, 0) is 16.1 Å². The zero-order chi connectivity index (χ0) is 14.4. The predicted octanol–water partition coefficient (Wildman–Crippen LogP) is -0.250. The minimum absolute atomic E-state index is 0.255. The number of nitrogens with one attached hydrogen (secondary N) is 1. The molecule has 104 valence electrons. The lowest BCUT2D eigenvalue weighted by molar-refractivity contribution is -0.140. The first-order chi connectivity index (χ1) is 8.90. The molecule has 0 saturated heterocycles. The van der Waals surface area contributed by atoms with Crippen LogP contribution < -0.4 is 11.1 Å². The molecule has 0 radical (unpaired) electrons. The number of hydrogen-bond donors (Lipinski definition) is 3. The van der Waals surface area contributed by atoms with E-state index < -0.39 is 30.4 Å². The van der Waals surface area contributed by atoms with E-state index in [0.29, 0.717) is 0 Å². The summed E-state index contributed by atoms with van der Waals surface area (Å²) in [6.45, 7) is 0.255. The molecule has 1 aromatic heterocycles. The van der Waals surface area contributed by atoms with Crippen molar-refractivity contribution in [1.29, 1.82) is 0 Å². The fraction of sp³-hybridized carbons (Fsp3) is 0.364. The third-order valence-corrected chi connectivity index (χ3v) is 2.35. The summed E-state index contributed by atoms with van der Waals surface area (Å²) in [6.07, 6.45) is 2.48. The van der Waals surface area contributed by atoms with Gasteiger partial charge in [0.2, 0.25) is 5.91 Å². The van der Waals surface area contributed by atoms with Crippen LogP contribution in [0, 0.1) is 0 Å². The predicted molar refractivity (Wildman–Crippen MR) is 63.9 cm³/mol. The molecule has 0 aromatic carbocycles. The number of nitrogens with zero attached hydrogens (tertiary/aromatic N) is 1. The van der Waals surface area contributed by atoms with E-state index in [-0.39, 0.29) is 6.54 Å². The Morgan fingerprint density at radius 1 is 1.53 bits per heavy atom. The number of carbonyl (C=O) groups excluding carboxylic acids is 2. The van der Waals surface area contributed by atoms with Crippen molar-refractivity contribution in [2.45, 2.75) is 19.0 Å². The van der Waals surface area contributed by atoms with Crippen molar-refractivity contribution in [3.8, 4) is 0 Å². The number of furan rings is 1. The molecule has 8 nitrogen and oxygen atoms in total. The molecule has 1 heterocycles. The van der Waals surface area contributed by atoms with Crippen molar-refractivity contribution in [1.82, 2.24) is 10.2 Å². The van der Waals surface area contributed by atoms with Crippen LogP contribution in [0.2, 0.25) is 0 Å². The van der Waals surface area contributed by atoms with Crippen LogP contribution in [0.3, 0.4) is 0 Å². The van der Waals surface area contributed by atoms with Crippen LogP contribution in [0.4, 0.5) is 4.79 Å². The number of urea groups is 1. The van der Waals surface area contributed by atoms with Crippen molar-refractivity contribution >= 4 is 17.9 Å². The molecule has 0 fully saturated rings. The summed E-state index contributed by atoms with van der Waals surface area (Å²) in [5, 5.41) is 11.1. The van der Waals surface area contributed by atoms with Gasteiger partial charge in [-0.2, -0.15) is 0 Å². The van der Waals surface area contributed by atoms with Gasteiger partial charge in [-0.15, -0.1) is 0 Å². The Labute approximate surface area is 109 Å². The number of primary amides is 1. The highest BCUT2D eigenvalue weighted by Gasteiger charge is 2.23. The standard InChI is InChI=1S/C11H15N3O5/c1-14(5-7-2-3-19-6-7)11(18)13-8(10(16)17)4-9(12)15/h2-3,6,8H,4-5H2,1H3,(H2,12,15)(H,13,18)(H,16,17)/t8-/m0/s1. The van der Waals surface area contributed by atoms with Gasteiger partial charge in [-0.1, -0.05) is 0 Å². The molecule has 0 bridgehead atoms. The van der Waals surface area contributed by atoms with Crippen LogP contribution in [0.1, 0.15) is 12.0 Å². The highest BCUT2D eigenvalue weighted by Crippen LogP contribution is 2.04. The van der Waals surface area contributed by atoms with Gasteiger partial charge in [-0.05, 0) is 6.07 Å². The van der Waals surface area contributed by atoms with Crippen molar-refractivity contribution in [2.75, 3.05) is 7.05 Å². The molecule has 0 saturated carbocycles. The zero-order valence-electron chi connectivity index (χ0n) is 10.3. The lowest BCUT2D eigenvalue weighted by Gasteiger charge is -2.20. The van der Waals surface area contributed by atoms with Gasteiger partial charge in [0.15, 0.2) is 0 Å². The van der Waals surface area contributed by atoms with Gasteiger partial charge in [0.1, 0.15) is 6.04 Å². The molecule has 1 aromatic rings. The molecule has 0 aliphatic rings. The van der Waals surface area contributed by atoms with Crippen LogP contribution >= 0.6 is 0 Å². The number of aliphatic carboxylic acids is 1. The number of carbonyl (C=O) groups is 3. The number of hydrogen-bond acceptors (Lipinski definition) is 4. The number of amides is 3. The monoisotopic (exact) mass is 269 g/mol. The number of rotatable bonds is 6. The lowest BCUT2D eigenvalue weighted by atomic mass is 10.2. The molecule has 4 N–H and O–H groups in total. The lowest BCUT2D eigenvalue weighted by Crippen LogP contribution is -2.47. The molecule has 0 spiro atoms. The van der Waals surface area contributed by atoms with E-state index in [4.69, 9.17) is 15.3 Å². The van der Waals surface area contributed by atoms with E-state index in [1.165, 1.54) is 24.5 Å². The Hall–Kier alpha value is -2.51. The van der Waals surface area contributed by atoms with E-state index in [1.807, 2.05) is 0 Å². The first kappa shape index (κ1) is 14.6. The highest BCUT2D eigenvalue weighted by molar-refractivity contribution is 5.87. The Bertz CT molecular complexity index is 457. The quantitative estimate of drug-likeness (QED) is 0.656.